The zero-order chi connectivity index (χ0) is 13.2. The van der Waals surface area contributed by atoms with E-state index in [0.717, 1.165) is 12.8 Å². The Labute approximate surface area is 103 Å². The molecule has 0 spiro atoms. The normalized spacial score (nSPS) is 29.1. The molecule has 0 heterocycles. The van der Waals surface area contributed by atoms with Crippen molar-refractivity contribution in [2.24, 2.45) is 11.8 Å². The van der Waals surface area contributed by atoms with Crippen LogP contribution >= 0.6 is 0 Å². The maximum absolute atomic E-state index is 11.5. The van der Waals surface area contributed by atoms with E-state index in [9.17, 15) is 14.7 Å². The van der Waals surface area contributed by atoms with Gasteiger partial charge in [0.25, 0.3) is 0 Å². The lowest BCUT2D eigenvalue weighted by Gasteiger charge is -2.43. The van der Waals surface area contributed by atoms with Crippen LogP contribution in [0.2, 0.25) is 0 Å². The molecular weight excluding hydrogens is 218 g/mol. The van der Waals surface area contributed by atoms with E-state index >= 15 is 0 Å². The second kappa shape index (κ2) is 5.07. The monoisotopic (exact) mass is 241 g/mol. The average Bonchev–Trinajstić information content (AvgIpc) is 2.27. The van der Waals surface area contributed by atoms with Gasteiger partial charge in [-0.05, 0) is 37.5 Å². The molecule has 0 bridgehead atoms. The Morgan fingerprint density at radius 1 is 1.29 bits per heavy atom. The first kappa shape index (κ1) is 14.0. The largest absolute Gasteiger partial charge is 0.479 e. The highest BCUT2D eigenvalue weighted by Gasteiger charge is 2.46. The Morgan fingerprint density at radius 2 is 1.76 bits per heavy atom. The number of amides is 1. The summed E-state index contributed by atoms with van der Waals surface area (Å²) in [7, 11) is 1.60. The van der Waals surface area contributed by atoms with Gasteiger partial charge in [0.2, 0.25) is 5.91 Å². The fraction of sp³-hybridized carbons (Fsp3) is 0.846. The number of carboxylic acids is 1. The molecule has 4 nitrogen and oxygen atoms in total. The molecule has 1 aliphatic rings. The SMILES string of the molecule is CC(=O)N(C)C1(C(=O)O)CCC(C(C)C)CC1. The molecule has 17 heavy (non-hydrogen) atoms. The van der Waals surface area contributed by atoms with Gasteiger partial charge in [-0.3, -0.25) is 4.79 Å². The number of hydrogen-bond donors (Lipinski definition) is 1. The van der Waals surface area contributed by atoms with Crippen LogP contribution in [0.1, 0.15) is 46.5 Å². The van der Waals surface area contributed by atoms with Gasteiger partial charge in [0.05, 0.1) is 0 Å². The lowest BCUT2D eigenvalue weighted by molar-refractivity contribution is -0.160. The first-order valence-corrected chi connectivity index (χ1v) is 6.29. The molecule has 4 heteroatoms. The Kier molecular flexibility index (Phi) is 4.17. The Morgan fingerprint density at radius 3 is 2.06 bits per heavy atom. The van der Waals surface area contributed by atoms with Gasteiger partial charge in [0.1, 0.15) is 5.54 Å². The van der Waals surface area contributed by atoms with Crippen LogP contribution in [0.5, 0.6) is 0 Å². The summed E-state index contributed by atoms with van der Waals surface area (Å²) in [5.74, 6) is 0.139. The molecule has 0 aromatic heterocycles. The molecule has 0 atom stereocenters. The highest BCUT2D eigenvalue weighted by Crippen LogP contribution is 2.39. The second-order valence-corrected chi connectivity index (χ2v) is 5.50. The third-order valence-electron chi connectivity index (χ3n) is 4.31. The van der Waals surface area contributed by atoms with Gasteiger partial charge in [-0.1, -0.05) is 13.8 Å². The number of carbonyl (C=O) groups is 2. The van der Waals surface area contributed by atoms with Crippen LogP contribution in [0.3, 0.4) is 0 Å². The Balaban J connectivity index is 2.84. The predicted molar refractivity (Wildman–Crippen MR) is 65.6 cm³/mol. The highest BCUT2D eigenvalue weighted by molar-refractivity contribution is 5.86. The number of aliphatic carboxylic acids is 1. The number of likely N-dealkylation sites (N-methyl/N-ethyl adjacent to an activating group) is 1. The van der Waals surface area contributed by atoms with Crippen molar-refractivity contribution < 1.29 is 14.7 Å². The molecule has 1 amide bonds. The van der Waals surface area contributed by atoms with Crippen LogP contribution in [0, 0.1) is 11.8 Å². The molecule has 0 aromatic carbocycles. The first-order chi connectivity index (χ1) is 7.81. The van der Waals surface area contributed by atoms with Crippen molar-refractivity contribution in [2.75, 3.05) is 7.05 Å². The maximum Gasteiger partial charge on any atom is 0.329 e. The van der Waals surface area contributed by atoms with Crippen molar-refractivity contribution in [1.29, 1.82) is 0 Å². The zero-order valence-corrected chi connectivity index (χ0v) is 11.2. The van der Waals surface area contributed by atoms with E-state index in [1.165, 1.54) is 11.8 Å². The molecule has 1 aliphatic carbocycles. The van der Waals surface area contributed by atoms with Gasteiger partial charge in [-0.25, -0.2) is 4.79 Å². The van der Waals surface area contributed by atoms with Gasteiger partial charge in [0.15, 0.2) is 0 Å². The topological polar surface area (TPSA) is 57.6 Å². The van der Waals surface area contributed by atoms with Crippen LogP contribution in [0.4, 0.5) is 0 Å². The molecule has 0 radical (unpaired) electrons. The minimum atomic E-state index is -0.975. The maximum atomic E-state index is 11.5. The summed E-state index contributed by atoms with van der Waals surface area (Å²) in [6.07, 6.45) is 2.92. The standard InChI is InChI=1S/C13H23NO3/c1-9(2)11-5-7-13(8-6-11,12(16)17)14(4)10(3)15/h9,11H,5-8H2,1-4H3,(H,16,17). The number of carboxylic acid groups (broad SMARTS) is 1. The van der Waals surface area contributed by atoms with Crippen LogP contribution in [0.15, 0.2) is 0 Å². The quantitative estimate of drug-likeness (QED) is 0.823. The van der Waals surface area contributed by atoms with E-state index in [4.69, 9.17) is 0 Å². The third-order valence-corrected chi connectivity index (χ3v) is 4.31. The van der Waals surface area contributed by atoms with Gasteiger partial charge in [-0.2, -0.15) is 0 Å². The van der Waals surface area contributed by atoms with Crippen molar-refractivity contribution in [2.45, 2.75) is 52.0 Å². The van der Waals surface area contributed by atoms with Crippen LogP contribution in [-0.2, 0) is 9.59 Å². The molecule has 0 aliphatic heterocycles. The summed E-state index contributed by atoms with van der Waals surface area (Å²) in [4.78, 5) is 24.3. The number of rotatable bonds is 3. The summed E-state index contributed by atoms with van der Waals surface area (Å²) >= 11 is 0. The first-order valence-electron chi connectivity index (χ1n) is 6.29. The van der Waals surface area contributed by atoms with Crippen LogP contribution in [-0.4, -0.2) is 34.5 Å². The van der Waals surface area contributed by atoms with E-state index in [1.54, 1.807) is 7.05 Å². The van der Waals surface area contributed by atoms with Crippen LogP contribution < -0.4 is 0 Å². The average molecular weight is 241 g/mol. The summed E-state index contributed by atoms with van der Waals surface area (Å²) in [5.41, 5.74) is -0.975. The summed E-state index contributed by atoms with van der Waals surface area (Å²) in [5, 5.41) is 9.44. The van der Waals surface area contributed by atoms with Gasteiger partial charge in [-0.15, -0.1) is 0 Å². The molecule has 1 N–H and O–H groups in total. The van der Waals surface area contributed by atoms with Gasteiger partial charge >= 0.3 is 5.97 Å². The number of nitrogens with zero attached hydrogens (tertiary/aromatic N) is 1. The van der Waals surface area contributed by atoms with Crippen molar-refractivity contribution in [3.05, 3.63) is 0 Å². The molecule has 0 unspecified atom stereocenters. The molecule has 0 saturated heterocycles. The lowest BCUT2D eigenvalue weighted by Crippen LogP contribution is -2.56. The van der Waals surface area contributed by atoms with Gasteiger partial charge < -0.3 is 10.0 Å². The van der Waals surface area contributed by atoms with Crippen molar-refractivity contribution in [3.63, 3.8) is 0 Å². The van der Waals surface area contributed by atoms with Crippen molar-refractivity contribution in [3.8, 4) is 0 Å². The predicted octanol–water partition coefficient (Wildman–Crippen LogP) is 2.13. The Bertz CT molecular complexity index is 304. The molecule has 98 valence electrons. The zero-order valence-electron chi connectivity index (χ0n) is 11.2. The number of carbonyl (C=O) groups excluding carboxylic acids is 1. The summed E-state index contributed by atoms with van der Waals surface area (Å²) in [6.45, 7) is 5.78. The Hall–Kier alpha value is -1.06. The molecule has 1 fully saturated rings. The molecule has 1 saturated carbocycles. The van der Waals surface area contributed by atoms with Crippen molar-refractivity contribution >= 4 is 11.9 Å². The lowest BCUT2D eigenvalue weighted by atomic mass is 9.72. The van der Waals surface area contributed by atoms with E-state index in [0.29, 0.717) is 24.7 Å². The fourth-order valence-electron chi connectivity index (χ4n) is 2.78. The molecular formula is C13H23NO3. The summed E-state index contributed by atoms with van der Waals surface area (Å²) < 4.78 is 0. The van der Waals surface area contributed by atoms with E-state index in [1.807, 2.05) is 0 Å². The van der Waals surface area contributed by atoms with Crippen LogP contribution in [0.25, 0.3) is 0 Å². The number of hydrogen-bond acceptors (Lipinski definition) is 2. The highest BCUT2D eigenvalue weighted by atomic mass is 16.4. The van der Waals surface area contributed by atoms with Crippen molar-refractivity contribution in [1.82, 2.24) is 4.90 Å². The van der Waals surface area contributed by atoms with Gasteiger partial charge in [0, 0.05) is 14.0 Å². The molecule has 0 aromatic rings. The minimum Gasteiger partial charge on any atom is -0.479 e. The van der Waals surface area contributed by atoms with E-state index in [2.05, 4.69) is 13.8 Å². The fourth-order valence-corrected chi connectivity index (χ4v) is 2.78. The third kappa shape index (κ3) is 2.61. The van der Waals surface area contributed by atoms with E-state index in [-0.39, 0.29) is 5.91 Å². The molecule has 1 rings (SSSR count). The van der Waals surface area contributed by atoms with E-state index < -0.39 is 11.5 Å². The summed E-state index contributed by atoms with van der Waals surface area (Å²) in [6, 6.07) is 0. The minimum absolute atomic E-state index is 0.171. The second-order valence-electron chi connectivity index (χ2n) is 5.50. The smallest absolute Gasteiger partial charge is 0.329 e.